The minimum absolute atomic E-state index is 0.0272. The number of nitrogens with one attached hydrogen (secondary N) is 1. The third kappa shape index (κ3) is 7.56. The van der Waals surface area contributed by atoms with Crippen LogP contribution >= 0.6 is 23.2 Å². The Kier molecular flexibility index (Phi) is 11.0. The molecule has 2 amide bonds. The summed E-state index contributed by atoms with van der Waals surface area (Å²) in [6.07, 6.45) is 1.28. The topological polar surface area (TPSA) is 86.8 Å². The van der Waals surface area contributed by atoms with Crippen molar-refractivity contribution in [1.82, 2.24) is 10.2 Å². The van der Waals surface area contributed by atoms with Crippen molar-refractivity contribution in [2.45, 2.75) is 64.1 Å². The molecule has 3 aromatic rings. The van der Waals surface area contributed by atoms with E-state index in [1.54, 1.807) is 55.5 Å². The summed E-state index contributed by atoms with van der Waals surface area (Å²) < 4.78 is 29.0. The van der Waals surface area contributed by atoms with E-state index in [9.17, 15) is 18.0 Å². The third-order valence-corrected chi connectivity index (χ3v) is 9.27. The summed E-state index contributed by atoms with van der Waals surface area (Å²) in [6, 6.07) is 19.1. The summed E-state index contributed by atoms with van der Waals surface area (Å²) in [7, 11) is -4.12. The molecule has 2 atom stereocenters. The molecule has 0 aliphatic heterocycles. The highest BCUT2D eigenvalue weighted by Crippen LogP contribution is 2.29. The van der Waals surface area contributed by atoms with Crippen molar-refractivity contribution in [2.75, 3.05) is 10.8 Å². The standard InChI is InChI=1S/C30H35Cl2N3O4S/c1-5-21(3)33-30(37)22(4)34(19-23-16-17-26(31)27(32)18-23)29(36)20-35(28-15-11-10-12-24(28)6-2)40(38,39)25-13-8-7-9-14-25/h7-18,21-22H,5-6,19-20H2,1-4H3,(H,33,37)/t21-,22-/m1/s1. The smallest absolute Gasteiger partial charge is 0.264 e. The fourth-order valence-electron chi connectivity index (χ4n) is 4.17. The molecule has 0 aliphatic carbocycles. The molecule has 0 bridgehead atoms. The highest BCUT2D eigenvalue weighted by molar-refractivity contribution is 7.92. The lowest BCUT2D eigenvalue weighted by Gasteiger charge is -2.33. The van der Waals surface area contributed by atoms with E-state index in [1.807, 2.05) is 32.9 Å². The van der Waals surface area contributed by atoms with Gasteiger partial charge in [-0.25, -0.2) is 8.42 Å². The van der Waals surface area contributed by atoms with Crippen LogP contribution in [0.25, 0.3) is 0 Å². The van der Waals surface area contributed by atoms with E-state index in [2.05, 4.69) is 5.32 Å². The summed E-state index contributed by atoms with van der Waals surface area (Å²) in [5.41, 5.74) is 1.83. The fraction of sp³-hybridized carbons (Fsp3) is 0.333. The molecule has 3 aromatic carbocycles. The number of carbonyl (C=O) groups is 2. The summed E-state index contributed by atoms with van der Waals surface area (Å²) in [6.45, 7) is 6.91. The molecule has 1 N–H and O–H groups in total. The number of hydrogen-bond acceptors (Lipinski definition) is 4. The molecule has 0 unspecified atom stereocenters. The molecule has 0 aromatic heterocycles. The molecule has 0 saturated heterocycles. The van der Waals surface area contributed by atoms with Crippen LogP contribution in [0.3, 0.4) is 0 Å². The molecule has 0 fully saturated rings. The maximum Gasteiger partial charge on any atom is 0.264 e. The van der Waals surface area contributed by atoms with Crippen molar-refractivity contribution in [3.63, 3.8) is 0 Å². The highest BCUT2D eigenvalue weighted by Gasteiger charge is 2.33. The van der Waals surface area contributed by atoms with Crippen LogP contribution in [0.15, 0.2) is 77.7 Å². The lowest BCUT2D eigenvalue weighted by Crippen LogP contribution is -2.52. The lowest BCUT2D eigenvalue weighted by atomic mass is 10.1. The van der Waals surface area contributed by atoms with Gasteiger partial charge in [-0.15, -0.1) is 0 Å². The molecule has 0 saturated carbocycles. The average molecular weight is 605 g/mol. The molecule has 40 heavy (non-hydrogen) atoms. The second kappa shape index (κ2) is 14.0. The first-order valence-corrected chi connectivity index (χ1v) is 15.4. The normalized spacial score (nSPS) is 12.8. The van der Waals surface area contributed by atoms with Gasteiger partial charge >= 0.3 is 0 Å². The van der Waals surface area contributed by atoms with E-state index in [4.69, 9.17) is 23.2 Å². The van der Waals surface area contributed by atoms with E-state index in [-0.39, 0.29) is 23.4 Å². The molecule has 10 heteroatoms. The van der Waals surface area contributed by atoms with Crippen molar-refractivity contribution in [2.24, 2.45) is 0 Å². The zero-order valence-corrected chi connectivity index (χ0v) is 25.4. The van der Waals surface area contributed by atoms with Crippen molar-refractivity contribution >= 4 is 50.7 Å². The predicted octanol–water partition coefficient (Wildman–Crippen LogP) is 6.08. The summed E-state index contributed by atoms with van der Waals surface area (Å²) in [4.78, 5) is 28.6. The Bertz CT molecular complexity index is 1430. The number of para-hydroxylation sites is 1. The van der Waals surface area contributed by atoms with Crippen LogP contribution in [0.4, 0.5) is 5.69 Å². The highest BCUT2D eigenvalue weighted by atomic mass is 35.5. The molecular formula is C30H35Cl2N3O4S. The van der Waals surface area contributed by atoms with Gasteiger partial charge in [-0.2, -0.15) is 0 Å². The number of rotatable bonds is 12. The number of aryl methyl sites for hydroxylation is 1. The van der Waals surface area contributed by atoms with Gasteiger partial charge in [0.1, 0.15) is 12.6 Å². The molecule has 0 aliphatic rings. The fourth-order valence-corrected chi connectivity index (χ4v) is 5.96. The quantitative estimate of drug-likeness (QED) is 0.272. The van der Waals surface area contributed by atoms with Gasteiger partial charge in [0.05, 0.1) is 20.6 Å². The number of amides is 2. The average Bonchev–Trinajstić information content (AvgIpc) is 2.96. The van der Waals surface area contributed by atoms with Gasteiger partial charge in [0.2, 0.25) is 11.8 Å². The van der Waals surface area contributed by atoms with Crippen LogP contribution in [0.2, 0.25) is 10.0 Å². The molecule has 3 rings (SSSR count). The molecule has 0 radical (unpaired) electrons. The zero-order valence-electron chi connectivity index (χ0n) is 23.1. The Labute approximate surface area is 247 Å². The van der Waals surface area contributed by atoms with Gasteiger partial charge in [-0.05, 0) is 68.1 Å². The maximum absolute atomic E-state index is 14.0. The van der Waals surface area contributed by atoms with Crippen molar-refractivity contribution in [3.05, 3.63) is 94.0 Å². The van der Waals surface area contributed by atoms with Gasteiger partial charge in [-0.3, -0.25) is 13.9 Å². The van der Waals surface area contributed by atoms with Crippen LogP contribution in [0.1, 0.15) is 45.2 Å². The Morgan fingerprint density at radius 3 is 2.17 bits per heavy atom. The van der Waals surface area contributed by atoms with Gasteiger partial charge in [-0.1, -0.05) is 79.5 Å². The van der Waals surface area contributed by atoms with Crippen molar-refractivity contribution in [1.29, 1.82) is 0 Å². The Morgan fingerprint density at radius 1 is 0.900 bits per heavy atom. The minimum atomic E-state index is -4.12. The lowest BCUT2D eigenvalue weighted by molar-refractivity contribution is -0.139. The van der Waals surface area contributed by atoms with E-state index < -0.39 is 28.5 Å². The van der Waals surface area contributed by atoms with Crippen LogP contribution < -0.4 is 9.62 Å². The largest absolute Gasteiger partial charge is 0.352 e. The summed E-state index contributed by atoms with van der Waals surface area (Å²) in [5.74, 6) is -0.877. The number of carbonyl (C=O) groups excluding carboxylic acids is 2. The molecule has 0 heterocycles. The summed E-state index contributed by atoms with van der Waals surface area (Å²) in [5, 5.41) is 3.59. The van der Waals surface area contributed by atoms with E-state index in [0.717, 1.165) is 16.3 Å². The molecule has 214 valence electrons. The number of anilines is 1. The SMILES string of the molecule is CCc1ccccc1N(CC(=O)N(Cc1ccc(Cl)c(Cl)c1)[C@H](C)C(=O)N[C@H](C)CC)S(=O)(=O)c1ccccc1. The van der Waals surface area contributed by atoms with Crippen LogP contribution in [-0.2, 0) is 32.6 Å². The first-order chi connectivity index (χ1) is 19.0. The van der Waals surface area contributed by atoms with E-state index in [1.165, 1.54) is 17.0 Å². The van der Waals surface area contributed by atoms with Gasteiger partial charge in [0.25, 0.3) is 10.0 Å². The number of halogens is 2. The number of sulfonamides is 1. The molecular weight excluding hydrogens is 569 g/mol. The first-order valence-electron chi connectivity index (χ1n) is 13.2. The molecule has 7 nitrogen and oxygen atoms in total. The summed E-state index contributed by atoms with van der Waals surface area (Å²) >= 11 is 12.3. The Hall–Kier alpha value is -3.07. The third-order valence-electron chi connectivity index (χ3n) is 6.76. The number of benzene rings is 3. The monoisotopic (exact) mass is 603 g/mol. The Balaban J connectivity index is 2.06. The van der Waals surface area contributed by atoms with Gasteiger partial charge < -0.3 is 10.2 Å². The van der Waals surface area contributed by atoms with Crippen LogP contribution in [0.5, 0.6) is 0 Å². The Morgan fingerprint density at radius 2 is 1.55 bits per heavy atom. The van der Waals surface area contributed by atoms with Crippen LogP contribution in [-0.4, -0.2) is 43.8 Å². The maximum atomic E-state index is 14.0. The number of nitrogens with zero attached hydrogens (tertiary/aromatic N) is 2. The van der Waals surface area contributed by atoms with Crippen molar-refractivity contribution in [3.8, 4) is 0 Å². The second-order valence-electron chi connectivity index (χ2n) is 9.57. The number of hydrogen-bond donors (Lipinski definition) is 1. The zero-order chi connectivity index (χ0) is 29.4. The molecule has 0 spiro atoms. The first kappa shape index (κ1) is 31.5. The van der Waals surface area contributed by atoms with E-state index >= 15 is 0 Å². The second-order valence-corrected chi connectivity index (χ2v) is 12.2. The van der Waals surface area contributed by atoms with Crippen molar-refractivity contribution < 1.29 is 18.0 Å². The van der Waals surface area contributed by atoms with Gasteiger partial charge in [0, 0.05) is 12.6 Å². The minimum Gasteiger partial charge on any atom is -0.352 e. The van der Waals surface area contributed by atoms with E-state index in [0.29, 0.717) is 27.7 Å². The van der Waals surface area contributed by atoms with Gasteiger partial charge in [0.15, 0.2) is 0 Å². The van der Waals surface area contributed by atoms with Crippen LogP contribution in [0, 0.1) is 0 Å². The predicted molar refractivity (Wildman–Crippen MR) is 161 cm³/mol.